The number of carbonyl (C=O) groups is 1. The van der Waals surface area contributed by atoms with Crippen LogP contribution in [0.3, 0.4) is 0 Å². The molecule has 1 aromatic carbocycles. The molecule has 114 valence electrons. The Hall–Kier alpha value is -1.39. The van der Waals surface area contributed by atoms with Crippen molar-refractivity contribution in [2.45, 2.75) is 44.4 Å². The van der Waals surface area contributed by atoms with Crippen molar-refractivity contribution in [1.82, 2.24) is 10.2 Å². The van der Waals surface area contributed by atoms with Gasteiger partial charge in [0.1, 0.15) is 6.10 Å². The summed E-state index contributed by atoms with van der Waals surface area (Å²) in [4.78, 5) is 14.6. The molecular weight excluding hydrogens is 264 g/mol. The number of benzene rings is 1. The molecule has 1 N–H and O–H groups in total. The highest BCUT2D eigenvalue weighted by atomic mass is 16.5. The van der Waals surface area contributed by atoms with Gasteiger partial charge < -0.3 is 10.1 Å². The maximum Gasteiger partial charge on any atom is 0.249 e. The van der Waals surface area contributed by atoms with Crippen LogP contribution < -0.4 is 5.32 Å². The van der Waals surface area contributed by atoms with Gasteiger partial charge in [-0.05, 0) is 37.8 Å². The quantitative estimate of drug-likeness (QED) is 0.920. The average molecular weight is 288 g/mol. The number of hydrogen-bond donors (Lipinski definition) is 1. The topological polar surface area (TPSA) is 41.6 Å². The smallest absolute Gasteiger partial charge is 0.249 e. The van der Waals surface area contributed by atoms with Gasteiger partial charge in [0.15, 0.2) is 0 Å². The maximum absolute atomic E-state index is 12.1. The summed E-state index contributed by atoms with van der Waals surface area (Å²) in [7, 11) is 0. The second-order valence-electron chi connectivity index (χ2n) is 6.07. The number of amides is 1. The van der Waals surface area contributed by atoms with Crippen LogP contribution in [-0.4, -0.2) is 42.6 Å². The first kappa shape index (κ1) is 14.5. The minimum absolute atomic E-state index is 0.0825. The number of nitrogens with zero attached hydrogens (tertiary/aromatic N) is 1. The largest absolute Gasteiger partial charge is 0.368 e. The lowest BCUT2D eigenvalue weighted by molar-refractivity contribution is -0.131. The van der Waals surface area contributed by atoms with Gasteiger partial charge in [0.25, 0.3) is 0 Å². The first-order chi connectivity index (χ1) is 10.3. The zero-order valence-electron chi connectivity index (χ0n) is 12.5. The lowest BCUT2D eigenvalue weighted by atomic mass is 10.0. The van der Waals surface area contributed by atoms with Crippen molar-refractivity contribution in [1.29, 1.82) is 0 Å². The van der Waals surface area contributed by atoms with Crippen LogP contribution in [0.5, 0.6) is 0 Å². The van der Waals surface area contributed by atoms with E-state index >= 15 is 0 Å². The Balaban J connectivity index is 1.49. The van der Waals surface area contributed by atoms with Gasteiger partial charge in [0, 0.05) is 25.7 Å². The van der Waals surface area contributed by atoms with E-state index in [9.17, 15) is 4.79 Å². The molecule has 21 heavy (non-hydrogen) atoms. The summed E-state index contributed by atoms with van der Waals surface area (Å²) < 4.78 is 5.45. The molecule has 4 heteroatoms. The lowest BCUT2D eigenvalue weighted by Crippen LogP contribution is -2.49. The molecule has 1 aromatic rings. The summed E-state index contributed by atoms with van der Waals surface area (Å²) in [6.45, 7) is 3.74. The number of rotatable bonds is 4. The molecule has 0 aromatic heterocycles. The van der Waals surface area contributed by atoms with E-state index in [-0.39, 0.29) is 18.1 Å². The molecule has 0 bridgehead atoms. The minimum Gasteiger partial charge on any atom is -0.368 e. The number of carbonyl (C=O) groups excluding carboxylic acids is 1. The molecule has 0 aliphatic carbocycles. The van der Waals surface area contributed by atoms with Crippen molar-refractivity contribution in [2.24, 2.45) is 0 Å². The average Bonchev–Trinajstić information content (AvgIpc) is 3.03. The van der Waals surface area contributed by atoms with Gasteiger partial charge in [-0.1, -0.05) is 30.3 Å². The number of likely N-dealkylation sites (tertiary alicyclic amines) is 1. The van der Waals surface area contributed by atoms with Crippen molar-refractivity contribution >= 4 is 5.91 Å². The fraction of sp³-hybridized carbons (Fsp3) is 0.588. The zero-order valence-corrected chi connectivity index (χ0v) is 12.5. The first-order valence-electron chi connectivity index (χ1n) is 7.99. The fourth-order valence-electron chi connectivity index (χ4n) is 3.24. The summed E-state index contributed by atoms with van der Waals surface area (Å²) in [5, 5.41) is 3.17. The van der Waals surface area contributed by atoms with Gasteiger partial charge in [-0.25, -0.2) is 0 Å². The van der Waals surface area contributed by atoms with Crippen LogP contribution >= 0.6 is 0 Å². The molecule has 1 amide bonds. The molecular formula is C17H24N2O2. The van der Waals surface area contributed by atoms with Gasteiger partial charge >= 0.3 is 0 Å². The van der Waals surface area contributed by atoms with Crippen LogP contribution in [0.25, 0.3) is 0 Å². The van der Waals surface area contributed by atoms with Crippen molar-refractivity contribution in [3.8, 4) is 0 Å². The highest BCUT2D eigenvalue weighted by molar-refractivity contribution is 5.81. The Morgan fingerprint density at radius 1 is 1.24 bits per heavy atom. The van der Waals surface area contributed by atoms with Crippen molar-refractivity contribution in [3.63, 3.8) is 0 Å². The number of nitrogens with one attached hydrogen (secondary N) is 1. The van der Waals surface area contributed by atoms with Crippen LogP contribution in [0.4, 0.5) is 0 Å². The van der Waals surface area contributed by atoms with Crippen LogP contribution in [0.1, 0.15) is 31.2 Å². The molecule has 0 unspecified atom stereocenters. The second kappa shape index (κ2) is 7.05. The predicted molar refractivity (Wildman–Crippen MR) is 81.9 cm³/mol. The normalized spacial score (nSPS) is 26.7. The van der Waals surface area contributed by atoms with Gasteiger partial charge in [0.2, 0.25) is 5.91 Å². The molecule has 0 radical (unpaired) electrons. The van der Waals surface area contributed by atoms with Crippen molar-refractivity contribution in [3.05, 3.63) is 35.9 Å². The van der Waals surface area contributed by atoms with E-state index in [1.165, 1.54) is 5.56 Å². The third-order valence-corrected chi connectivity index (χ3v) is 4.32. The number of ether oxygens (including phenoxy) is 1. The van der Waals surface area contributed by atoms with Crippen molar-refractivity contribution in [2.75, 3.05) is 19.7 Å². The highest BCUT2D eigenvalue weighted by Gasteiger charge is 2.27. The van der Waals surface area contributed by atoms with Gasteiger partial charge in [-0.3, -0.25) is 9.69 Å². The van der Waals surface area contributed by atoms with Crippen molar-refractivity contribution < 1.29 is 9.53 Å². The van der Waals surface area contributed by atoms with E-state index in [1.54, 1.807) is 0 Å². The summed E-state index contributed by atoms with van der Waals surface area (Å²) in [6, 6.07) is 10.8. The van der Waals surface area contributed by atoms with E-state index in [2.05, 4.69) is 34.5 Å². The predicted octanol–water partition coefficient (Wildman–Crippen LogP) is 1.95. The Kier molecular flexibility index (Phi) is 4.88. The van der Waals surface area contributed by atoms with Crippen LogP contribution in [0.15, 0.2) is 30.3 Å². The molecule has 2 fully saturated rings. The first-order valence-corrected chi connectivity index (χ1v) is 7.99. The Morgan fingerprint density at radius 2 is 2.10 bits per heavy atom. The number of hydrogen-bond acceptors (Lipinski definition) is 3. The third kappa shape index (κ3) is 4.05. The summed E-state index contributed by atoms with van der Waals surface area (Å²) in [5.74, 6) is 0.0825. The number of piperidine rings is 1. The summed E-state index contributed by atoms with van der Waals surface area (Å²) in [6.07, 6.45) is 3.87. The molecule has 3 rings (SSSR count). The molecule has 2 saturated heterocycles. The SMILES string of the molecule is O=C(N[C@@H]1CCCN(Cc2ccccc2)C1)[C@H]1CCCO1. The molecule has 2 aliphatic rings. The van der Waals surface area contributed by atoms with Gasteiger partial charge in [-0.15, -0.1) is 0 Å². The molecule has 2 heterocycles. The molecule has 4 nitrogen and oxygen atoms in total. The highest BCUT2D eigenvalue weighted by Crippen LogP contribution is 2.16. The second-order valence-corrected chi connectivity index (χ2v) is 6.07. The summed E-state index contributed by atoms with van der Waals surface area (Å²) >= 11 is 0. The molecule has 2 aliphatic heterocycles. The Labute approximate surface area is 126 Å². The van der Waals surface area contributed by atoms with Crippen LogP contribution in [0.2, 0.25) is 0 Å². The van der Waals surface area contributed by atoms with E-state index in [4.69, 9.17) is 4.74 Å². The Morgan fingerprint density at radius 3 is 2.86 bits per heavy atom. The van der Waals surface area contributed by atoms with E-state index in [0.29, 0.717) is 0 Å². The monoisotopic (exact) mass is 288 g/mol. The molecule has 2 atom stereocenters. The van der Waals surface area contributed by atoms with E-state index in [1.807, 2.05) is 6.07 Å². The maximum atomic E-state index is 12.1. The lowest BCUT2D eigenvalue weighted by Gasteiger charge is -2.33. The summed E-state index contributed by atoms with van der Waals surface area (Å²) in [5.41, 5.74) is 1.34. The molecule has 0 spiro atoms. The molecule has 0 saturated carbocycles. The van der Waals surface area contributed by atoms with Gasteiger partial charge in [0.05, 0.1) is 0 Å². The minimum atomic E-state index is -0.213. The standard InChI is InChI=1S/C17H24N2O2/c20-17(16-9-5-11-21-16)18-15-8-4-10-19(13-15)12-14-6-2-1-3-7-14/h1-3,6-7,15-16H,4-5,8-13H2,(H,18,20)/t15-,16-/m1/s1. The zero-order chi connectivity index (χ0) is 14.5. The van der Waals surface area contributed by atoms with Gasteiger partial charge in [-0.2, -0.15) is 0 Å². The van der Waals surface area contributed by atoms with Crippen LogP contribution in [-0.2, 0) is 16.1 Å². The van der Waals surface area contributed by atoms with Crippen LogP contribution in [0, 0.1) is 0 Å². The third-order valence-electron chi connectivity index (χ3n) is 4.32. The van der Waals surface area contributed by atoms with E-state index in [0.717, 1.165) is 51.9 Å². The van der Waals surface area contributed by atoms with E-state index < -0.39 is 0 Å². The fourth-order valence-corrected chi connectivity index (χ4v) is 3.24. The Bertz CT molecular complexity index is 457.